The highest BCUT2D eigenvalue weighted by Gasteiger charge is 2.08. The Balaban J connectivity index is 2.14. The van der Waals surface area contributed by atoms with Gasteiger partial charge in [0.25, 0.3) is 5.91 Å². The van der Waals surface area contributed by atoms with Crippen LogP contribution >= 0.6 is 0 Å². The third-order valence-corrected chi connectivity index (χ3v) is 2.88. The molecule has 2 aromatic rings. The fourth-order valence-electron chi connectivity index (χ4n) is 1.84. The first-order valence-electron chi connectivity index (χ1n) is 6.19. The minimum Gasteiger partial charge on any atom is -0.380 e. The van der Waals surface area contributed by atoms with Crippen LogP contribution in [-0.4, -0.2) is 13.0 Å². The number of rotatable bonds is 5. The van der Waals surface area contributed by atoms with Crippen LogP contribution in [0.1, 0.15) is 15.9 Å². The molecule has 0 aliphatic heterocycles. The molecule has 0 aliphatic carbocycles. The molecule has 5 nitrogen and oxygen atoms in total. The van der Waals surface area contributed by atoms with Gasteiger partial charge in [0.1, 0.15) is 0 Å². The molecule has 0 spiro atoms. The second kappa shape index (κ2) is 6.70. The fourth-order valence-corrected chi connectivity index (χ4v) is 1.84. The van der Waals surface area contributed by atoms with Crippen LogP contribution in [0.4, 0.5) is 11.4 Å². The highest BCUT2D eigenvalue weighted by Crippen LogP contribution is 2.17. The maximum absolute atomic E-state index is 12.2. The Labute approximate surface area is 117 Å². The molecular weight excluding hydrogens is 254 g/mol. The number of nitrogen functional groups attached to an aromatic ring is 1. The zero-order valence-electron chi connectivity index (χ0n) is 11.2. The van der Waals surface area contributed by atoms with Crippen LogP contribution in [-0.2, 0) is 11.3 Å². The van der Waals surface area contributed by atoms with Crippen molar-refractivity contribution in [1.82, 2.24) is 0 Å². The zero-order valence-corrected chi connectivity index (χ0v) is 11.2. The highest BCUT2D eigenvalue weighted by molar-refractivity contribution is 6.04. The number of hydrogen-bond acceptors (Lipinski definition) is 4. The van der Waals surface area contributed by atoms with Crippen molar-refractivity contribution in [2.24, 2.45) is 5.84 Å². The molecule has 0 unspecified atom stereocenters. The number of ether oxygens (including phenoxy) is 1. The van der Waals surface area contributed by atoms with E-state index in [0.29, 0.717) is 12.2 Å². The van der Waals surface area contributed by atoms with E-state index in [1.165, 1.54) is 0 Å². The molecule has 104 valence electrons. The van der Waals surface area contributed by atoms with Crippen molar-refractivity contribution < 1.29 is 9.53 Å². The predicted octanol–water partition coefficient (Wildman–Crippen LogP) is 2.37. The van der Waals surface area contributed by atoms with E-state index in [9.17, 15) is 4.79 Å². The summed E-state index contributed by atoms with van der Waals surface area (Å²) in [6, 6.07) is 14.5. The number of carbonyl (C=O) groups is 1. The molecular formula is C15H17N3O2. The number of nitrogens with two attached hydrogens (primary N) is 1. The lowest BCUT2D eigenvalue weighted by atomic mass is 10.1. The molecule has 2 rings (SSSR count). The first-order chi connectivity index (χ1) is 9.74. The zero-order chi connectivity index (χ0) is 14.4. The Morgan fingerprint density at radius 3 is 2.50 bits per heavy atom. The summed E-state index contributed by atoms with van der Waals surface area (Å²) in [4.78, 5) is 12.2. The summed E-state index contributed by atoms with van der Waals surface area (Å²) in [5, 5.41) is 2.88. The van der Waals surface area contributed by atoms with Crippen molar-refractivity contribution in [2.75, 3.05) is 17.9 Å². The van der Waals surface area contributed by atoms with Crippen LogP contribution in [0.3, 0.4) is 0 Å². The van der Waals surface area contributed by atoms with Gasteiger partial charge in [0.15, 0.2) is 0 Å². The van der Waals surface area contributed by atoms with Gasteiger partial charge in [-0.15, -0.1) is 0 Å². The second-order valence-electron chi connectivity index (χ2n) is 4.27. The van der Waals surface area contributed by atoms with Gasteiger partial charge in [-0.2, -0.15) is 0 Å². The van der Waals surface area contributed by atoms with Crippen molar-refractivity contribution >= 4 is 17.3 Å². The van der Waals surface area contributed by atoms with E-state index in [1.54, 1.807) is 31.4 Å². The van der Waals surface area contributed by atoms with Crippen LogP contribution in [0.25, 0.3) is 0 Å². The van der Waals surface area contributed by atoms with E-state index in [1.807, 2.05) is 24.3 Å². The molecule has 0 radical (unpaired) electrons. The fraction of sp³-hybridized carbons (Fsp3) is 0.133. The van der Waals surface area contributed by atoms with Crippen LogP contribution in [0.2, 0.25) is 0 Å². The van der Waals surface area contributed by atoms with E-state index >= 15 is 0 Å². The summed E-state index contributed by atoms with van der Waals surface area (Å²) in [7, 11) is 1.62. The first kappa shape index (κ1) is 14.0. The van der Waals surface area contributed by atoms with Gasteiger partial charge < -0.3 is 15.5 Å². The molecule has 4 N–H and O–H groups in total. The number of benzene rings is 2. The van der Waals surface area contributed by atoms with Crippen LogP contribution in [0, 0.1) is 0 Å². The third kappa shape index (κ3) is 3.34. The molecule has 0 fully saturated rings. The van der Waals surface area contributed by atoms with Crippen molar-refractivity contribution in [1.29, 1.82) is 0 Å². The van der Waals surface area contributed by atoms with Crippen molar-refractivity contribution in [3.8, 4) is 0 Å². The number of amides is 1. The summed E-state index contributed by atoms with van der Waals surface area (Å²) < 4.78 is 5.11. The number of para-hydroxylation sites is 1. The minimum absolute atomic E-state index is 0.169. The van der Waals surface area contributed by atoms with Gasteiger partial charge in [0.2, 0.25) is 0 Å². The Morgan fingerprint density at radius 2 is 1.85 bits per heavy atom. The van der Waals surface area contributed by atoms with Crippen LogP contribution in [0.15, 0.2) is 48.5 Å². The van der Waals surface area contributed by atoms with Gasteiger partial charge in [-0.1, -0.05) is 18.2 Å². The smallest absolute Gasteiger partial charge is 0.255 e. The summed E-state index contributed by atoms with van der Waals surface area (Å²) >= 11 is 0. The standard InChI is InChI=1S/C15H17N3O2/c1-20-10-12-4-2-3-5-14(12)17-15(19)11-6-8-13(18-16)9-7-11/h2-9,18H,10,16H2,1H3,(H,17,19). The topological polar surface area (TPSA) is 76.4 Å². The van der Waals surface area contributed by atoms with Gasteiger partial charge in [-0.3, -0.25) is 10.6 Å². The Kier molecular flexibility index (Phi) is 4.70. The monoisotopic (exact) mass is 271 g/mol. The van der Waals surface area contributed by atoms with Crippen molar-refractivity contribution in [2.45, 2.75) is 6.61 Å². The number of carbonyl (C=O) groups excluding carboxylic acids is 1. The van der Waals surface area contributed by atoms with Gasteiger partial charge >= 0.3 is 0 Å². The lowest BCUT2D eigenvalue weighted by Gasteiger charge is -2.10. The predicted molar refractivity (Wildman–Crippen MR) is 79.4 cm³/mol. The molecule has 0 atom stereocenters. The van der Waals surface area contributed by atoms with Crippen LogP contribution in [0.5, 0.6) is 0 Å². The normalized spacial score (nSPS) is 10.1. The van der Waals surface area contributed by atoms with E-state index in [4.69, 9.17) is 10.6 Å². The Bertz CT molecular complexity index is 582. The highest BCUT2D eigenvalue weighted by atomic mass is 16.5. The third-order valence-electron chi connectivity index (χ3n) is 2.88. The van der Waals surface area contributed by atoms with E-state index in [0.717, 1.165) is 16.9 Å². The van der Waals surface area contributed by atoms with Crippen molar-refractivity contribution in [3.05, 3.63) is 59.7 Å². The molecule has 0 saturated heterocycles. The molecule has 2 aromatic carbocycles. The molecule has 1 amide bonds. The summed E-state index contributed by atoms with van der Waals surface area (Å²) in [6.45, 7) is 0.451. The van der Waals surface area contributed by atoms with Gasteiger partial charge in [-0.05, 0) is 30.3 Å². The minimum atomic E-state index is -0.169. The molecule has 5 heteroatoms. The maximum atomic E-state index is 12.2. The summed E-state index contributed by atoms with van der Waals surface area (Å²) in [6.07, 6.45) is 0. The number of anilines is 2. The summed E-state index contributed by atoms with van der Waals surface area (Å²) in [5.41, 5.74) is 5.52. The Morgan fingerprint density at radius 1 is 1.15 bits per heavy atom. The van der Waals surface area contributed by atoms with Gasteiger partial charge in [0, 0.05) is 29.6 Å². The average molecular weight is 271 g/mol. The average Bonchev–Trinajstić information content (AvgIpc) is 2.49. The van der Waals surface area contributed by atoms with E-state index < -0.39 is 0 Å². The van der Waals surface area contributed by atoms with E-state index in [-0.39, 0.29) is 5.91 Å². The first-order valence-corrected chi connectivity index (χ1v) is 6.19. The van der Waals surface area contributed by atoms with Crippen LogP contribution < -0.4 is 16.6 Å². The number of hydrogen-bond donors (Lipinski definition) is 3. The van der Waals surface area contributed by atoms with Gasteiger partial charge in [0.05, 0.1) is 6.61 Å². The lowest BCUT2D eigenvalue weighted by molar-refractivity contribution is 0.102. The van der Waals surface area contributed by atoms with E-state index in [2.05, 4.69) is 10.7 Å². The van der Waals surface area contributed by atoms with Crippen molar-refractivity contribution in [3.63, 3.8) is 0 Å². The Hall–Kier alpha value is -2.37. The second-order valence-corrected chi connectivity index (χ2v) is 4.27. The molecule has 0 aliphatic rings. The lowest BCUT2D eigenvalue weighted by Crippen LogP contribution is -2.14. The largest absolute Gasteiger partial charge is 0.380 e. The number of hydrazine groups is 1. The molecule has 0 bridgehead atoms. The molecule has 0 heterocycles. The maximum Gasteiger partial charge on any atom is 0.255 e. The number of methoxy groups -OCH3 is 1. The molecule has 20 heavy (non-hydrogen) atoms. The summed E-state index contributed by atoms with van der Waals surface area (Å²) in [5.74, 6) is 5.12. The molecule has 0 aromatic heterocycles. The van der Waals surface area contributed by atoms with Gasteiger partial charge in [-0.25, -0.2) is 0 Å². The quantitative estimate of drug-likeness (QED) is 0.576. The SMILES string of the molecule is COCc1ccccc1NC(=O)c1ccc(NN)cc1. The molecule has 0 saturated carbocycles. The number of nitrogens with one attached hydrogen (secondary N) is 2.